The quantitative estimate of drug-likeness (QED) is 0.257. The second kappa shape index (κ2) is 11.3. The Kier molecular flexibility index (Phi) is 11.4. The zero-order chi connectivity index (χ0) is 15.2. The second-order valence-corrected chi connectivity index (χ2v) is 4.05. The number of phenols is 1. The van der Waals surface area contributed by atoms with E-state index in [1.165, 1.54) is 37.6 Å². The smallest absolute Gasteiger partial charge is 0.870 e. The number of aromatic hydroxyl groups is 1. The average Bonchev–Trinajstić information content (AvgIpc) is 2.49. The zero-order valence-electron chi connectivity index (χ0n) is 13.7. The molecule has 0 aliphatic carbocycles. The molecular formula is C17H18N2O4Sn. The zero-order valence-corrected chi connectivity index (χ0v) is 16.5. The first-order chi connectivity index (χ1) is 10.1. The third kappa shape index (κ3) is 5.77. The second-order valence-electron chi connectivity index (χ2n) is 4.05. The molecule has 0 aliphatic rings. The molecule has 0 unspecified atom stereocenters. The number of methoxy groups -OCH3 is 1. The van der Waals surface area contributed by atoms with E-state index in [0.717, 1.165) is 0 Å². The van der Waals surface area contributed by atoms with Gasteiger partial charge in [-0.2, -0.15) is 10.2 Å². The summed E-state index contributed by atoms with van der Waals surface area (Å²) in [5, 5.41) is 40.1. The molecule has 2 aromatic rings. The average molecular weight is 433 g/mol. The van der Waals surface area contributed by atoms with Crippen molar-refractivity contribution < 1.29 is 20.1 Å². The molecule has 124 valence electrons. The van der Waals surface area contributed by atoms with Gasteiger partial charge in [-0.15, -0.1) is 0 Å². The maximum atomic E-state index is 11.8. The summed E-state index contributed by atoms with van der Waals surface area (Å²) in [4.78, 5) is 0. The third-order valence-corrected chi connectivity index (χ3v) is 2.71. The Hall–Kier alpha value is -2.22. The molecular weight excluding hydrogens is 415 g/mol. The van der Waals surface area contributed by atoms with Crippen LogP contribution in [0.5, 0.6) is 17.2 Å². The molecule has 7 heteroatoms. The molecule has 1 N–H and O–H groups in total. The van der Waals surface area contributed by atoms with E-state index in [0.29, 0.717) is 0 Å². The fourth-order valence-electron chi connectivity index (χ4n) is 1.65. The Morgan fingerprint density at radius 3 is 2.42 bits per heavy atom. The van der Waals surface area contributed by atoms with Gasteiger partial charge in [0.2, 0.25) is 0 Å². The minimum atomic E-state index is -0.695. The molecule has 0 bridgehead atoms. The number of phenolic OH excluding ortho intramolecular Hbond substituents is 1. The SMILES string of the molecule is COc1cccc(/C=N/N=C(\[O-])c2ccccc2O)c1[O-].[CH3-].[CH3-].[Sn+4]. The molecule has 6 nitrogen and oxygen atoms in total. The van der Waals surface area contributed by atoms with Gasteiger partial charge in [-0.1, -0.05) is 36.1 Å². The maximum Gasteiger partial charge on any atom is 4.00 e. The summed E-state index contributed by atoms with van der Waals surface area (Å²) in [7, 11) is 1.39. The topological polar surface area (TPSA) is 100 Å². The summed E-state index contributed by atoms with van der Waals surface area (Å²) in [5.74, 6) is -1.02. The van der Waals surface area contributed by atoms with Gasteiger partial charge in [0.1, 0.15) is 11.5 Å². The maximum absolute atomic E-state index is 11.8. The van der Waals surface area contributed by atoms with Crippen molar-refractivity contribution in [3.63, 3.8) is 0 Å². The van der Waals surface area contributed by atoms with Gasteiger partial charge >= 0.3 is 23.9 Å². The van der Waals surface area contributed by atoms with Crippen LogP contribution in [0, 0.1) is 14.9 Å². The van der Waals surface area contributed by atoms with Crippen LogP contribution in [0.15, 0.2) is 52.7 Å². The molecule has 0 atom stereocenters. The van der Waals surface area contributed by atoms with E-state index < -0.39 is 5.90 Å². The summed E-state index contributed by atoms with van der Waals surface area (Å²) in [6.07, 6.45) is 1.17. The number of hydrogen-bond donors (Lipinski definition) is 1. The molecule has 0 heterocycles. The molecule has 0 saturated carbocycles. The van der Waals surface area contributed by atoms with Crippen molar-refractivity contribution in [1.29, 1.82) is 0 Å². The number of nitrogens with zero attached hydrogens (tertiary/aromatic N) is 2. The van der Waals surface area contributed by atoms with Crippen LogP contribution in [-0.2, 0) is 0 Å². The molecule has 2 rings (SSSR count). The Bertz CT molecular complexity index is 703. The van der Waals surface area contributed by atoms with Crippen molar-refractivity contribution in [1.82, 2.24) is 0 Å². The molecule has 0 aliphatic heterocycles. The summed E-state index contributed by atoms with van der Waals surface area (Å²) in [5.41, 5.74) is 0.297. The van der Waals surface area contributed by atoms with Crippen LogP contribution in [0.2, 0.25) is 0 Å². The van der Waals surface area contributed by atoms with E-state index >= 15 is 0 Å². The summed E-state index contributed by atoms with van der Waals surface area (Å²) in [6, 6.07) is 10.7. The predicted molar refractivity (Wildman–Crippen MR) is 93.3 cm³/mol. The van der Waals surface area contributed by atoms with Gasteiger partial charge in [-0.3, -0.25) is 0 Å². The van der Waals surface area contributed by atoms with E-state index in [1.807, 2.05) is 0 Å². The minimum absolute atomic E-state index is 0. The van der Waals surface area contributed by atoms with Gasteiger partial charge in [0, 0.05) is 11.5 Å². The molecule has 0 amide bonds. The molecule has 0 spiro atoms. The van der Waals surface area contributed by atoms with Crippen molar-refractivity contribution in [2.75, 3.05) is 7.11 Å². The number of benzene rings is 2. The molecule has 0 aromatic heterocycles. The first-order valence-electron chi connectivity index (χ1n) is 6.04. The van der Waals surface area contributed by atoms with E-state index in [1.54, 1.807) is 18.2 Å². The van der Waals surface area contributed by atoms with Crippen LogP contribution in [0.1, 0.15) is 11.1 Å². The van der Waals surface area contributed by atoms with Gasteiger partial charge in [-0.25, -0.2) is 0 Å². The Labute approximate surface area is 159 Å². The van der Waals surface area contributed by atoms with Crippen LogP contribution in [0.3, 0.4) is 0 Å². The summed E-state index contributed by atoms with van der Waals surface area (Å²) >= 11 is 0. The van der Waals surface area contributed by atoms with E-state index in [2.05, 4.69) is 10.2 Å². The van der Waals surface area contributed by atoms with Gasteiger partial charge in [-0.05, 0) is 17.7 Å². The molecule has 2 aromatic carbocycles. The first kappa shape index (κ1) is 24.0. The van der Waals surface area contributed by atoms with Crippen molar-refractivity contribution in [3.8, 4) is 17.2 Å². The van der Waals surface area contributed by atoms with Gasteiger partial charge in [0.25, 0.3) is 0 Å². The number of ether oxygens (including phenoxy) is 1. The fourth-order valence-corrected chi connectivity index (χ4v) is 1.65. The van der Waals surface area contributed by atoms with Crippen molar-refractivity contribution in [3.05, 3.63) is 68.4 Å². The summed E-state index contributed by atoms with van der Waals surface area (Å²) < 4.78 is 4.89. The Morgan fingerprint density at radius 2 is 1.79 bits per heavy atom. The van der Waals surface area contributed by atoms with E-state index in [9.17, 15) is 15.3 Å². The molecule has 0 fully saturated rings. The van der Waals surface area contributed by atoms with Gasteiger partial charge in [0.05, 0.1) is 13.3 Å². The molecule has 24 heavy (non-hydrogen) atoms. The minimum Gasteiger partial charge on any atom is -0.870 e. The van der Waals surface area contributed by atoms with Crippen molar-refractivity contribution in [2.24, 2.45) is 10.2 Å². The summed E-state index contributed by atoms with van der Waals surface area (Å²) in [6.45, 7) is 0. The van der Waals surface area contributed by atoms with Crippen LogP contribution in [0.25, 0.3) is 0 Å². The largest absolute Gasteiger partial charge is 4.00 e. The normalized spacial score (nSPS) is 10.3. The monoisotopic (exact) mass is 434 g/mol. The van der Waals surface area contributed by atoms with Gasteiger partial charge < -0.3 is 34.9 Å². The number of hydrogen-bond acceptors (Lipinski definition) is 6. The third-order valence-electron chi connectivity index (χ3n) is 2.71. The number of rotatable bonds is 4. The first-order valence-corrected chi connectivity index (χ1v) is 6.04. The Morgan fingerprint density at radius 1 is 1.12 bits per heavy atom. The van der Waals surface area contributed by atoms with Crippen LogP contribution >= 0.6 is 0 Å². The van der Waals surface area contributed by atoms with Crippen molar-refractivity contribution >= 4 is 36.0 Å². The van der Waals surface area contributed by atoms with E-state index in [-0.39, 0.29) is 67.1 Å². The molecule has 0 radical (unpaired) electrons. The van der Waals surface area contributed by atoms with Crippen LogP contribution in [0.4, 0.5) is 0 Å². The van der Waals surface area contributed by atoms with Crippen LogP contribution < -0.4 is 14.9 Å². The number of para-hydroxylation sites is 2. The predicted octanol–water partition coefficient (Wildman–Crippen LogP) is 1.14. The Balaban J connectivity index is 0. The standard InChI is InChI=1S/C15H14N2O4.2CH3.Sn/c1-21-13-8-4-5-10(14(13)19)9-16-17-15(20)11-6-2-3-7-12(11)18;;;/h2-9,18-19H,1H3,(H,17,20);2*1H3;/q;2*-1;+4/p-2/b16-9+;;;. The fraction of sp³-hybridized carbons (Fsp3) is 0.0588. The molecule has 0 saturated heterocycles. The van der Waals surface area contributed by atoms with Crippen molar-refractivity contribution in [2.45, 2.75) is 0 Å². The van der Waals surface area contributed by atoms with E-state index in [4.69, 9.17) is 4.74 Å². The van der Waals surface area contributed by atoms with Gasteiger partial charge in [0.15, 0.2) is 0 Å². The van der Waals surface area contributed by atoms with Crippen LogP contribution in [-0.4, -0.2) is 48.2 Å².